The summed E-state index contributed by atoms with van der Waals surface area (Å²) in [5, 5.41) is 3.68. The molecule has 5 heteroatoms. The molecular weight excluding hydrogens is 340 g/mol. The molecule has 1 aromatic rings. The maximum atomic E-state index is 13.2. The van der Waals surface area contributed by atoms with Gasteiger partial charge in [0.2, 0.25) is 5.91 Å². The highest BCUT2D eigenvalue weighted by Gasteiger charge is 2.35. The van der Waals surface area contributed by atoms with E-state index in [1.807, 2.05) is 23.1 Å². The average Bonchev–Trinajstić information content (AvgIpc) is 3.30. The maximum Gasteiger partial charge on any atom is 0.223 e. The normalized spacial score (nSPS) is 29.7. The van der Waals surface area contributed by atoms with Crippen LogP contribution in [0.5, 0.6) is 5.75 Å². The third-order valence-corrected chi connectivity index (χ3v) is 6.34. The van der Waals surface area contributed by atoms with E-state index >= 15 is 0 Å². The summed E-state index contributed by atoms with van der Waals surface area (Å²) in [7, 11) is 1.68. The smallest absolute Gasteiger partial charge is 0.223 e. The molecule has 27 heavy (non-hydrogen) atoms. The van der Waals surface area contributed by atoms with E-state index in [-0.39, 0.29) is 12.0 Å². The molecule has 148 valence electrons. The van der Waals surface area contributed by atoms with Gasteiger partial charge in [0.15, 0.2) is 0 Å². The van der Waals surface area contributed by atoms with Crippen molar-refractivity contribution in [3.63, 3.8) is 0 Å². The first-order valence-electron chi connectivity index (χ1n) is 10.5. The van der Waals surface area contributed by atoms with Gasteiger partial charge in [-0.05, 0) is 62.1 Å². The molecule has 0 radical (unpaired) electrons. The van der Waals surface area contributed by atoms with Crippen LogP contribution in [-0.2, 0) is 16.1 Å². The molecule has 4 rings (SSSR count). The van der Waals surface area contributed by atoms with Gasteiger partial charge in [0.25, 0.3) is 0 Å². The molecule has 0 saturated carbocycles. The van der Waals surface area contributed by atoms with Crippen LogP contribution >= 0.6 is 0 Å². The Balaban J connectivity index is 1.42. The molecule has 3 aliphatic rings. The Labute approximate surface area is 162 Å². The van der Waals surface area contributed by atoms with Gasteiger partial charge >= 0.3 is 0 Å². The molecular formula is C22H32N2O3. The molecule has 0 aromatic heterocycles. The SMILES string of the molecule is COc1cccc(CN(CC2CCCO2)C(=O)CC2CC3CCC(C2)N3)c1. The van der Waals surface area contributed by atoms with Crippen molar-refractivity contribution in [3.8, 4) is 5.75 Å². The van der Waals surface area contributed by atoms with E-state index in [9.17, 15) is 4.79 Å². The minimum Gasteiger partial charge on any atom is -0.497 e. The number of piperidine rings is 1. The number of carbonyl (C=O) groups is 1. The zero-order valence-electron chi connectivity index (χ0n) is 16.4. The Morgan fingerprint density at radius 3 is 2.78 bits per heavy atom. The fraction of sp³-hybridized carbons (Fsp3) is 0.682. The van der Waals surface area contributed by atoms with Crippen molar-refractivity contribution in [2.45, 2.75) is 69.7 Å². The Kier molecular flexibility index (Phi) is 5.98. The number of hydrogen-bond donors (Lipinski definition) is 1. The third kappa shape index (κ3) is 4.82. The van der Waals surface area contributed by atoms with Gasteiger partial charge < -0.3 is 19.7 Å². The van der Waals surface area contributed by atoms with E-state index in [0.717, 1.165) is 43.6 Å². The van der Waals surface area contributed by atoms with Crippen LogP contribution in [0.25, 0.3) is 0 Å². The van der Waals surface area contributed by atoms with Crippen LogP contribution in [0, 0.1) is 5.92 Å². The number of amides is 1. The number of fused-ring (bicyclic) bond motifs is 2. The summed E-state index contributed by atoms with van der Waals surface area (Å²) in [6.07, 6.45) is 7.86. The maximum absolute atomic E-state index is 13.2. The average molecular weight is 373 g/mol. The first kappa shape index (κ1) is 18.8. The lowest BCUT2D eigenvalue weighted by atomic mass is 9.89. The van der Waals surface area contributed by atoms with Gasteiger partial charge in [-0.25, -0.2) is 0 Å². The zero-order valence-corrected chi connectivity index (χ0v) is 16.4. The van der Waals surface area contributed by atoms with Crippen molar-refractivity contribution in [1.82, 2.24) is 10.2 Å². The topological polar surface area (TPSA) is 50.8 Å². The Morgan fingerprint density at radius 2 is 2.07 bits per heavy atom. The Bertz CT molecular complexity index is 632. The van der Waals surface area contributed by atoms with E-state index in [2.05, 4.69) is 11.4 Å². The Hall–Kier alpha value is -1.59. The number of nitrogens with one attached hydrogen (secondary N) is 1. The molecule has 3 unspecified atom stereocenters. The van der Waals surface area contributed by atoms with Crippen LogP contribution in [0.2, 0.25) is 0 Å². The van der Waals surface area contributed by atoms with Crippen LogP contribution in [0.15, 0.2) is 24.3 Å². The van der Waals surface area contributed by atoms with Gasteiger partial charge in [0.1, 0.15) is 5.75 Å². The van der Waals surface area contributed by atoms with Gasteiger partial charge in [0, 0.05) is 38.2 Å². The second-order valence-electron chi connectivity index (χ2n) is 8.44. The predicted octanol–water partition coefficient (Wildman–Crippen LogP) is 3.12. The monoisotopic (exact) mass is 372 g/mol. The van der Waals surface area contributed by atoms with E-state index in [4.69, 9.17) is 9.47 Å². The van der Waals surface area contributed by atoms with Crippen molar-refractivity contribution < 1.29 is 14.3 Å². The number of carbonyl (C=O) groups excluding carboxylic acids is 1. The fourth-order valence-corrected chi connectivity index (χ4v) is 5.00. The summed E-state index contributed by atoms with van der Waals surface area (Å²) in [4.78, 5) is 15.2. The molecule has 1 N–H and O–H groups in total. The molecule has 3 saturated heterocycles. The molecule has 3 aliphatic heterocycles. The molecule has 0 spiro atoms. The van der Waals surface area contributed by atoms with Crippen LogP contribution in [0.3, 0.4) is 0 Å². The molecule has 3 heterocycles. The first-order valence-corrected chi connectivity index (χ1v) is 10.5. The number of methoxy groups -OCH3 is 1. The molecule has 5 nitrogen and oxygen atoms in total. The number of ether oxygens (including phenoxy) is 2. The molecule has 2 bridgehead atoms. The fourth-order valence-electron chi connectivity index (χ4n) is 5.00. The summed E-state index contributed by atoms with van der Waals surface area (Å²) in [5.41, 5.74) is 1.12. The van der Waals surface area contributed by atoms with Crippen molar-refractivity contribution >= 4 is 5.91 Å². The second-order valence-corrected chi connectivity index (χ2v) is 8.44. The lowest BCUT2D eigenvalue weighted by Gasteiger charge is -2.31. The number of benzene rings is 1. The second kappa shape index (κ2) is 8.61. The van der Waals surface area contributed by atoms with Crippen LogP contribution in [0.4, 0.5) is 0 Å². The number of rotatable bonds is 7. The quantitative estimate of drug-likeness (QED) is 0.799. The lowest BCUT2D eigenvalue weighted by Crippen LogP contribution is -2.42. The molecule has 0 aliphatic carbocycles. The molecule has 1 amide bonds. The highest BCUT2D eigenvalue weighted by Crippen LogP contribution is 2.33. The van der Waals surface area contributed by atoms with E-state index in [1.54, 1.807) is 7.11 Å². The van der Waals surface area contributed by atoms with Crippen molar-refractivity contribution in [1.29, 1.82) is 0 Å². The summed E-state index contributed by atoms with van der Waals surface area (Å²) in [6.45, 7) is 2.16. The Morgan fingerprint density at radius 1 is 1.26 bits per heavy atom. The van der Waals surface area contributed by atoms with E-state index in [0.29, 0.717) is 37.5 Å². The van der Waals surface area contributed by atoms with Crippen molar-refractivity contribution in [3.05, 3.63) is 29.8 Å². The van der Waals surface area contributed by atoms with Gasteiger partial charge in [-0.3, -0.25) is 4.79 Å². The highest BCUT2D eigenvalue weighted by atomic mass is 16.5. The summed E-state index contributed by atoms with van der Waals surface area (Å²) >= 11 is 0. The van der Waals surface area contributed by atoms with Crippen molar-refractivity contribution in [2.24, 2.45) is 5.92 Å². The van der Waals surface area contributed by atoms with Gasteiger partial charge in [0.05, 0.1) is 13.2 Å². The first-order chi connectivity index (χ1) is 13.2. The van der Waals surface area contributed by atoms with Gasteiger partial charge in [-0.15, -0.1) is 0 Å². The minimum atomic E-state index is 0.184. The predicted molar refractivity (Wildman–Crippen MR) is 105 cm³/mol. The van der Waals surface area contributed by atoms with Gasteiger partial charge in [-0.1, -0.05) is 12.1 Å². The lowest BCUT2D eigenvalue weighted by molar-refractivity contribution is -0.134. The molecule has 1 aromatic carbocycles. The summed E-state index contributed by atoms with van der Waals surface area (Å²) < 4.78 is 11.2. The largest absolute Gasteiger partial charge is 0.497 e. The van der Waals surface area contributed by atoms with E-state index < -0.39 is 0 Å². The van der Waals surface area contributed by atoms with Crippen LogP contribution in [-0.4, -0.2) is 49.3 Å². The minimum absolute atomic E-state index is 0.184. The summed E-state index contributed by atoms with van der Waals surface area (Å²) in [5.74, 6) is 1.64. The number of hydrogen-bond acceptors (Lipinski definition) is 4. The van der Waals surface area contributed by atoms with Crippen LogP contribution < -0.4 is 10.1 Å². The van der Waals surface area contributed by atoms with Crippen molar-refractivity contribution in [2.75, 3.05) is 20.3 Å². The molecule has 3 atom stereocenters. The zero-order chi connectivity index (χ0) is 18.6. The number of nitrogens with zero attached hydrogens (tertiary/aromatic N) is 1. The van der Waals surface area contributed by atoms with Gasteiger partial charge in [-0.2, -0.15) is 0 Å². The summed E-state index contributed by atoms with van der Waals surface area (Å²) in [6, 6.07) is 9.30. The third-order valence-electron chi connectivity index (χ3n) is 6.34. The van der Waals surface area contributed by atoms with Crippen LogP contribution in [0.1, 0.15) is 50.5 Å². The molecule has 3 fully saturated rings. The highest BCUT2D eigenvalue weighted by molar-refractivity contribution is 5.76. The standard InChI is InChI=1S/C22H32N2O3/c1-26-20-5-2-4-16(12-20)14-24(15-21-6-3-9-27-21)22(25)13-17-10-18-7-8-19(11-17)23-18/h2,4-5,12,17-19,21,23H,3,6-11,13-15H2,1H3. The van der Waals surface area contributed by atoms with E-state index in [1.165, 1.54) is 12.8 Å².